The first-order valence-corrected chi connectivity index (χ1v) is 4.18. The van der Waals surface area contributed by atoms with Crippen LogP contribution < -0.4 is 5.32 Å². The number of nitrogens with one attached hydrogen (secondary N) is 1. The minimum Gasteiger partial charge on any atom is -0.391 e. The van der Waals surface area contributed by atoms with E-state index in [2.05, 4.69) is 12.2 Å². The molecule has 0 bridgehead atoms. The largest absolute Gasteiger partial charge is 0.391 e. The summed E-state index contributed by atoms with van der Waals surface area (Å²) in [5, 5.41) is 12.7. The first-order valence-electron chi connectivity index (χ1n) is 4.18. The van der Waals surface area contributed by atoms with E-state index in [4.69, 9.17) is 0 Å². The van der Waals surface area contributed by atoms with Crippen LogP contribution in [0.1, 0.15) is 33.1 Å². The summed E-state index contributed by atoms with van der Waals surface area (Å²) < 4.78 is 0. The Hall–Kier alpha value is -0.0800. The fourth-order valence-corrected chi connectivity index (χ4v) is 1.60. The van der Waals surface area contributed by atoms with Gasteiger partial charge in [0.05, 0.1) is 6.10 Å². The molecule has 0 amide bonds. The summed E-state index contributed by atoms with van der Waals surface area (Å²) in [5.74, 6) is 0. The van der Waals surface area contributed by atoms with Gasteiger partial charge in [0.1, 0.15) is 0 Å². The van der Waals surface area contributed by atoms with Crippen LogP contribution in [0.3, 0.4) is 0 Å². The molecule has 0 spiro atoms. The van der Waals surface area contributed by atoms with Crippen LogP contribution in [0.4, 0.5) is 0 Å². The lowest BCUT2D eigenvalue weighted by atomic mass is 10.1. The fourth-order valence-electron chi connectivity index (χ4n) is 1.60. The number of aliphatic hydroxyl groups is 1. The third-order valence-corrected chi connectivity index (χ3v) is 2.24. The Morgan fingerprint density at radius 2 is 2.30 bits per heavy atom. The zero-order valence-electron chi connectivity index (χ0n) is 6.80. The van der Waals surface area contributed by atoms with Gasteiger partial charge in [0.25, 0.3) is 0 Å². The second-order valence-corrected chi connectivity index (χ2v) is 3.24. The van der Waals surface area contributed by atoms with Crippen LogP contribution in [0.25, 0.3) is 0 Å². The van der Waals surface area contributed by atoms with Gasteiger partial charge in [-0.15, -0.1) is 0 Å². The minimum absolute atomic E-state index is 0.114. The van der Waals surface area contributed by atoms with E-state index in [1.54, 1.807) is 0 Å². The lowest BCUT2D eigenvalue weighted by Crippen LogP contribution is -2.29. The van der Waals surface area contributed by atoms with E-state index < -0.39 is 0 Å². The maximum Gasteiger partial charge on any atom is 0.0705 e. The molecular formula is C8H17NO. The first kappa shape index (κ1) is 8.02. The van der Waals surface area contributed by atoms with Gasteiger partial charge < -0.3 is 10.4 Å². The van der Waals surface area contributed by atoms with Crippen molar-refractivity contribution in [3.8, 4) is 0 Å². The summed E-state index contributed by atoms with van der Waals surface area (Å²) in [4.78, 5) is 0. The predicted molar refractivity (Wildman–Crippen MR) is 41.9 cm³/mol. The Labute approximate surface area is 62.6 Å². The molecule has 2 heteroatoms. The molecule has 2 nitrogen and oxygen atoms in total. The van der Waals surface area contributed by atoms with E-state index >= 15 is 0 Å². The molecule has 2 N–H and O–H groups in total. The van der Waals surface area contributed by atoms with E-state index in [1.807, 2.05) is 6.92 Å². The smallest absolute Gasteiger partial charge is 0.0705 e. The highest BCUT2D eigenvalue weighted by atomic mass is 16.3. The van der Waals surface area contributed by atoms with Gasteiger partial charge in [0.15, 0.2) is 0 Å². The van der Waals surface area contributed by atoms with E-state index in [-0.39, 0.29) is 6.10 Å². The zero-order valence-corrected chi connectivity index (χ0v) is 6.80. The van der Waals surface area contributed by atoms with Crippen LogP contribution in [-0.2, 0) is 0 Å². The Bertz CT molecular complexity index is 95.4. The lowest BCUT2D eigenvalue weighted by Gasteiger charge is -2.08. The van der Waals surface area contributed by atoms with Crippen molar-refractivity contribution < 1.29 is 5.11 Å². The van der Waals surface area contributed by atoms with Crippen molar-refractivity contribution in [3.63, 3.8) is 0 Å². The molecule has 0 aromatic heterocycles. The Kier molecular flexibility index (Phi) is 2.69. The maximum atomic E-state index is 9.33. The van der Waals surface area contributed by atoms with Gasteiger partial charge in [-0.2, -0.15) is 0 Å². The molecule has 60 valence electrons. The molecule has 10 heavy (non-hydrogen) atoms. The second kappa shape index (κ2) is 3.35. The monoisotopic (exact) mass is 143 g/mol. The van der Waals surface area contributed by atoms with Crippen molar-refractivity contribution in [1.29, 1.82) is 0 Å². The van der Waals surface area contributed by atoms with Crippen molar-refractivity contribution in [2.75, 3.05) is 0 Å². The Morgan fingerprint density at radius 3 is 2.70 bits per heavy atom. The lowest BCUT2D eigenvalue weighted by molar-refractivity contribution is 0.164. The molecule has 1 heterocycles. The predicted octanol–water partition coefficient (Wildman–Crippen LogP) is 0.898. The molecule has 0 unspecified atom stereocenters. The highest BCUT2D eigenvalue weighted by Gasteiger charge is 2.27. The van der Waals surface area contributed by atoms with E-state index in [0.717, 1.165) is 6.42 Å². The van der Waals surface area contributed by atoms with Crippen LogP contribution in [0, 0.1) is 0 Å². The zero-order chi connectivity index (χ0) is 7.56. The highest BCUT2D eigenvalue weighted by molar-refractivity contribution is 4.87. The summed E-state index contributed by atoms with van der Waals surface area (Å²) in [6.45, 7) is 4.22. The molecule has 0 saturated carbocycles. The van der Waals surface area contributed by atoms with E-state index in [0.29, 0.717) is 12.1 Å². The molecule has 0 aromatic carbocycles. The van der Waals surface area contributed by atoms with Crippen molar-refractivity contribution in [1.82, 2.24) is 5.32 Å². The molecule has 0 radical (unpaired) electrons. The summed E-state index contributed by atoms with van der Waals surface area (Å²) in [6.07, 6.45) is 3.23. The minimum atomic E-state index is -0.114. The van der Waals surface area contributed by atoms with Gasteiger partial charge in [-0.05, 0) is 19.8 Å². The number of rotatable bonds is 2. The van der Waals surface area contributed by atoms with Crippen LogP contribution in [-0.4, -0.2) is 23.3 Å². The quantitative estimate of drug-likeness (QED) is 0.602. The molecule has 1 saturated heterocycles. The number of hydrogen-bond donors (Lipinski definition) is 2. The number of hydrogen-bond acceptors (Lipinski definition) is 2. The average Bonchev–Trinajstić information content (AvgIpc) is 2.14. The molecule has 0 aromatic rings. The highest BCUT2D eigenvalue weighted by Crippen LogP contribution is 2.16. The maximum absolute atomic E-state index is 9.33. The normalized spacial score (nSPS) is 40.5. The van der Waals surface area contributed by atoms with Gasteiger partial charge in [-0.25, -0.2) is 0 Å². The molecule has 1 rings (SSSR count). The van der Waals surface area contributed by atoms with Gasteiger partial charge in [0.2, 0.25) is 0 Å². The van der Waals surface area contributed by atoms with Crippen LogP contribution in [0.2, 0.25) is 0 Å². The number of aliphatic hydroxyl groups excluding tert-OH is 1. The Morgan fingerprint density at radius 1 is 1.60 bits per heavy atom. The van der Waals surface area contributed by atoms with Crippen molar-refractivity contribution in [3.05, 3.63) is 0 Å². The topological polar surface area (TPSA) is 32.3 Å². The average molecular weight is 143 g/mol. The summed E-state index contributed by atoms with van der Waals surface area (Å²) >= 11 is 0. The molecule has 1 aliphatic heterocycles. The van der Waals surface area contributed by atoms with Crippen LogP contribution >= 0.6 is 0 Å². The summed E-state index contributed by atoms with van der Waals surface area (Å²) in [7, 11) is 0. The van der Waals surface area contributed by atoms with Crippen molar-refractivity contribution in [2.45, 2.75) is 51.3 Å². The third-order valence-electron chi connectivity index (χ3n) is 2.24. The standard InChI is InChI=1S/C8H17NO/c1-3-4-7-5-8(10)6(2)9-7/h6-10H,3-5H2,1-2H3/t6-,7-,8-/m1/s1. The van der Waals surface area contributed by atoms with Crippen LogP contribution in [0.5, 0.6) is 0 Å². The molecule has 1 fully saturated rings. The molecule has 1 aliphatic rings. The molecular weight excluding hydrogens is 126 g/mol. The third kappa shape index (κ3) is 1.70. The summed E-state index contributed by atoms with van der Waals surface area (Å²) in [5.41, 5.74) is 0. The van der Waals surface area contributed by atoms with E-state index in [1.165, 1.54) is 12.8 Å². The van der Waals surface area contributed by atoms with Crippen molar-refractivity contribution >= 4 is 0 Å². The van der Waals surface area contributed by atoms with Gasteiger partial charge in [-0.3, -0.25) is 0 Å². The van der Waals surface area contributed by atoms with Crippen LogP contribution in [0.15, 0.2) is 0 Å². The summed E-state index contributed by atoms with van der Waals surface area (Å²) in [6, 6.07) is 0.867. The van der Waals surface area contributed by atoms with Gasteiger partial charge in [-0.1, -0.05) is 13.3 Å². The van der Waals surface area contributed by atoms with Gasteiger partial charge in [0, 0.05) is 12.1 Å². The fraction of sp³-hybridized carbons (Fsp3) is 1.00. The second-order valence-electron chi connectivity index (χ2n) is 3.24. The molecule has 3 atom stereocenters. The van der Waals surface area contributed by atoms with E-state index in [9.17, 15) is 5.11 Å². The molecule has 0 aliphatic carbocycles. The first-order chi connectivity index (χ1) is 4.74. The van der Waals surface area contributed by atoms with Gasteiger partial charge >= 0.3 is 0 Å². The van der Waals surface area contributed by atoms with Crippen molar-refractivity contribution in [2.24, 2.45) is 0 Å². The SMILES string of the molecule is CCC[C@@H]1C[C@@H](O)[C@@H](C)N1. The Balaban J connectivity index is 2.27.